The van der Waals surface area contributed by atoms with Crippen LogP contribution in [-0.4, -0.2) is 19.1 Å². The zero-order valence-electron chi connectivity index (χ0n) is 13.2. The Labute approximate surface area is 145 Å². The molecule has 23 heavy (non-hydrogen) atoms. The van der Waals surface area contributed by atoms with Crippen molar-refractivity contribution in [2.24, 2.45) is 0 Å². The molecule has 0 aliphatic carbocycles. The van der Waals surface area contributed by atoms with E-state index in [1.54, 1.807) is 0 Å². The lowest BCUT2D eigenvalue weighted by Gasteiger charge is -2.29. The van der Waals surface area contributed by atoms with Crippen molar-refractivity contribution < 1.29 is 9.53 Å². The van der Waals surface area contributed by atoms with E-state index < -0.39 is 0 Å². The lowest BCUT2D eigenvalue weighted by atomic mass is 9.98. The van der Waals surface area contributed by atoms with Crippen LogP contribution in [-0.2, 0) is 6.42 Å². The molecule has 1 amide bonds. The molecule has 120 valence electrons. The maximum atomic E-state index is 12.7. The molecule has 1 heterocycles. The first-order valence-electron chi connectivity index (χ1n) is 8.02. The molecule has 0 saturated carbocycles. The number of anilines is 1. The predicted octanol–water partition coefficient (Wildman–Crippen LogP) is 4.83. The molecule has 0 spiro atoms. The van der Waals surface area contributed by atoms with Crippen LogP contribution in [0.15, 0.2) is 46.9 Å². The Kier molecular flexibility index (Phi) is 5.01. The number of amides is 1. The van der Waals surface area contributed by atoms with E-state index >= 15 is 0 Å². The highest BCUT2D eigenvalue weighted by molar-refractivity contribution is 9.10. The van der Waals surface area contributed by atoms with Gasteiger partial charge in [-0.25, -0.2) is 0 Å². The van der Waals surface area contributed by atoms with Gasteiger partial charge in [0.1, 0.15) is 5.75 Å². The molecule has 0 unspecified atom stereocenters. The second-order valence-corrected chi connectivity index (χ2v) is 6.62. The zero-order valence-corrected chi connectivity index (χ0v) is 14.8. The predicted molar refractivity (Wildman–Crippen MR) is 96.4 cm³/mol. The molecule has 1 aliphatic rings. The summed E-state index contributed by atoms with van der Waals surface area (Å²) >= 11 is 3.43. The second-order valence-electron chi connectivity index (χ2n) is 5.70. The maximum Gasteiger partial charge on any atom is 0.258 e. The minimum atomic E-state index is 0.0636. The van der Waals surface area contributed by atoms with Crippen LogP contribution in [0.1, 0.15) is 35.7 Å². The highest BCUT2D eigenvalue weighted by atomic mass is 79.9. The molecular formula is C19H20BrNO2. The minimum absolute atomic E-state index is 0.0636. The standard InChI is InChI=1S/C19H20BrNO2/c1-2-3-12-23-17-8-9-18-14(13-17)10-11-21(19(18)22)16-6-4-15(20)5-7-16/h4-9,13H,2-3,10-12H2,1H3. The Bertz CT molecular complexity index is 697. The molecule has 3 nitrogen and oxygen atoms in total. The SMILES string of the molecule is CCCCOc1ccc2c(c1)CCN(c1ccc(Br)cc1)C2=O. The van der Waals surface area contributed by atoms with Gasteiger partial charge in [-0.15, -0.1) is 0 Å². The number of unbranched alkanes of at least 4 members (excludes halogenated alkanes) is 1. The Morgan fingerprint density at radius 2 is 1.96 bits per heavy atom. The van der Waals surface area contributed by atoms with E-state index in [0.717, 1.165) is 52.9 Å². The highest BCUT2D eigenvalue weighted by Gasteiger charge is 2.25. The van der Waals surface area contributed by atoms with Crippen LogP contribution in [0.5, 0.6) is 5.75 Å². The second kappa shape index (κ2) is 7.18. The van der Waals surface area contributed by atoms with Gasteiger partial charge in [0, 0.05) is 22.3 Å². The van der Waals surface area contributed by atoms with Crippen molar-refractivity contribution in [3.05, 3.63) is 58.1 Å². The molecule has 0 bridgehead atoms. The topological polar surface area (TPSA) is 29.5 Å². The normalized spacial score (nSPS) is 13.8. The molecular weight excluding hydrogens is 354 g/mol. The lowest BCUT2D eigenvalue weighted by Crippen LogP contribution is -2.37. The number of rotatable bonds is 5. The number of fused-ring (bicyclic) bond motifs is 1. The number of halogens is 1. The molecule has 0 aromatic heterocycles. The Morgan fingerprint density at radius 1 is 1.17 bits per heavy atom. The number of carbonyl (C=O) groups excluding carboxylic acids is 1. The summed E-state index contributed by atoms with van der Waals surface area (Å²) in [5, 5.41) is 0. The number of benzene rings is 2. The van der Waals surface area contributed by atoms with Crippen molar-refractivity contribution in [2.75, 3.05) is 18.1 Å². The van der Waals surface area contributed by atoms with Crippen LogP contribution in [0.4, 0.5) is 5.69 Å². The highest BCUT2D eigenvalue weighted by Crippen LogP contribution is 2.28. The van der Waals surface area contributed by atoms with Crippen molar-refractivity contribution in [2.45, 2.75) is 26.2 Å². The van der Waals surface area contributed by atoms with E-state index in [4.69, 9.17) is 4.74 Å². The number of carbonyl (C=O) groups is 1. The molecule has 2 aromatic carbocycles. The Balaban J connectivity index is 1.79. The van der Waals surface area contributed by atoms with E-state index in [9.17, 15) is 4.79 Å². The summed E-state index contributed by atoms with van der Waals surface area (Å²) in [4.78, 5) is 14.6. The monoisotopic (exact) mass is 373 g/mol. The molecule has 4 heteroatoms. The number of hydrogen-bond acceptors (Lipinski definition) is 2. The maximum absolute atomic E-state index is 12.7. The third-order valence-corrected chi connectivity index (χ3v) is 4.59. The fourth-order valence-electron chi connectivity index (χ4n) is 2.76. The van der Waals surface area contributed by atoms with Gasteiger partial charge < -0.3 is 9.64 Å². The van der Waals surface area contributed by atoms with Gasteiger partial charge in [0.05, 0.1) is 6.61 Å². The van der Waals surface area contributed by atoms with Gasteiger partial charge in [-0.1, -0.05) is 29.3 Å². The third-order valence-electron chi connectivity index (χ3n) is 4.06. The summed E-state index contributed by atoms with van der Waals surface area (Å²) in [7, 11) is 0. The number of nitrogens with zero attached hydrogens (tertiary/aromatic N) is 1. The van der Waals surface area contributed by atoms with E-state index in [1.807, 2.05) is 47.4 Å². The first-order chi connectivity index (χ1) is 11.2. The van der Waals surface area contributed by atoms with Crippen LogP contribution in [0, 0.1) is 0 Å². The van der Waals surface area contributed by atoms with Gasteiger partial charge >= 0.3 is 0 Å². The lowest BCUT2D eigenvalue weighted by molar-refractivity contribution is 0.0980. The average molecular weight is 374 g/mol. The molecule has 3 rings (SSSR count). The fourth-order valence-corrected chi connectivity index (χ4v) is 3.02. The van der Waals surface area contributed by atoms with Crippen LogP contribution in [0.3, 0.4) is 0 Å². The summed E-state index contributed by atoms with van der Waals surface area (Å²) in [6, 6.07) is 13.7. The largest absolute Gasteiger partial charge is 0.494 e. The van der Waals surface area contributed by atoms with Gasteiger partial charge in [-0.05, 0) is 60.9 Å². The third kappa shape index (κ3) is 3.58. The van der Waals surface area contributed by atoms with Gasteiger partial charge in [0.2, 0.25) is 0 Å². The first kappa shape index (κ1) is 16.1. The van der Waals surface area contributed by atoms with E-state index in [1.165, 1.54) is 0 Å². The van der Waals surface area contributed by atoms with Gasteiger partial charge in [-0.3, -0.25) is 4.79 Å². The molecule has 0 N–H and O–H groups in total. The number of ether oxygens (including phenoxy) is 1. The molecule has 1 aliphatic heterocycles. The van der Waals surface area contributed by atoms with Crippen LogP contribution in [0.2, 0.25) is 0 Å². The molecule has 0 atom stereocenters. The first-order valence-corrected chi connectivity index (χ1v) is 8.81. The fraction of sp³-hybridized carbons (Fsp3) is 0.316. The molecule has 0 radical (unpaired) electrons. The van der Waals surface area contributed by atoms with Gasteiger partial charge in [-0.2, -0.15) is 0 Å². The quantitative estimate of drug-likeness (QED) is 0.702. The van der Waals surface area contributed by atoms with Crippen LogP contribution >= 0.6 is 15.9 Å². The van der Waals surface area contributed by atoms with Crippen molar-refractivity contribution in [3.8, 4) is 5.75 Å². The molecule has 0 saturated heterocycles. The average Bonchev–Trinajstić information content (AvgIpc) is 2.56. The Hall–Kier alpha value is -1.81. The summed E-state index contributed by atoms with van der Waals surface area (Å²) < 4.78 is 6.76. The van der Waals surface area contributed by atoms with Crippen molar-refractivity contribution in [3.63, 3.8) is 0 Å². The smallest absolute Gasteiger partial charge is 0.258 e. The van der Waals surface area contributed by atoms with E-state index in [2.05, 4.69) is 22.9 Å². The van der Waals surface area contributed by atoms with Gasteiger partial charge in [0.15, 0.2) is 0 Å². The van der Waals surface area contributed by atoms with Crippen LogP contribution in [0.25, 0.3) is 0 Å². The Morgan fingerprint density at radius 3 is 2.70 bits per heavy atom. The summed E-state index contributed by atoms with van der Waals surface area (Å²) in [5.41, 5.74) is 2.80. The van der Waals surface area contributed by atoms with Crippen LogP contribution < -0.4 is 9.64 Å². The summed E-state index contributed by atoms with van der Waals surface area (Å²) in [5.74, 6) is 0.927. The van der Waals surface area contributed by atoms with E-state index in [0.29, 0.717) is 6.54 Å². The van der Waals surface area contributed by atoms with Gasteiger partial charge in [0.25, 0.3) is 5.91 Å². The van der Waals surface area contributed by atoms with E-state index in [-0.39, 0.29) is 5.91 Å². The molecule has 0 fully saturated rings. The zero-order chi connectivity index (χ0) is 16.2. The van der Waals surface area contributed by atoms with Crippen molar-refractivity contribution in [1.29, 1.82) is 0 Å². The minimum Gasteiger partial charge on any atom is -0.494 e. The van der Waals surface area contributed by atoms with Crippen molar-refractivity contribution in [1.82, 2.24) is 0 Å². The molecule has 2 aromatic rings. The summed E-state index contributed by atoms with van der Waals surface area (Å²) in [6.07, 6.45) is 3.01. The number of hydrogen-bond donors (Lipinski definition) is 0. The van der Waals surface area contributed by atoms with Crippen molar-refractivity contribution >= 4 is 27.5 Å². The summed E-state index contributed by atoms with van der Waals surface area (Å²) in [6.45, 7) is 3.58.